The zero-order chi connectivity index (χ0) is 25.1. The van der Waals surface area contributed by atoms with Crippen LogP contribution in [0.25, 0.3) is 0 Å². The van der Waals surface area contributed by atoms with Gasteiger partial charge >= 0.3 is 0 Å². The van der Waals surface area contributed by atoms with E-state index in [9.17, 15) is 14.7 Å². The number of aliphatic hydroxyl groups is 1. The van der Waals surface area contributed by atoms with Gasteiger partial charge in [-0.3, -0.25) is 14.5 Å². The van der Waals surface area contributed by atoms with Crippen LogP contribution in [0.3, 0.4) is 0 Å². The molecule has 1 unspecified atom stereocenters. The van der Waals surface area contributed by atoms with E-state index in [0.717, 1.165) is 16.8 Å². The number of hydrogen-bond acceptors (Lipinski definition) is 4. The average Bonchev–Trinajstić information content (AvgIpc) is 3.13. The summed E-state index contributed by atoms with van der Waals surface area (Å²) in [5.41, 5.74) is 4.81. The lowest BCUT2D eigenvalue weighted by molar-refractivity contribution is -0.118. The fraction of sp³-hybridized carbons (Fsp3) is 0.267. The summed E-state index contributed by atoms with van der Waals surface area (Å²) >= 11 is 0. The molecule has 1 heterocycles. The van der Waals surface area contributed by atoms with Crippen LogP contribution in [0.15, 0.2) is 90.2 Å². The number of rotatable bonds is 8. The summed E-state index contributed by atoms with van der Waals surface area (Å²) in [7, 11) is 3.90. The number of ketones is 1. The molecule has 0 spiro atoms. The molecule has 0 fully saturated rings. The third-order valence-corrected chi connectivity index (χ3v) is 6.56. The number of Topliss-reactive ketones (excluding diaryl/α,β-unsaturated/α-hetero) is 1. The van der Waals surface area contributed by atoms with Crippen LogP contribution in [-0.4, -0.2) is 30.9 Å². The second kappa shape index (κ2) is 10.2. The van der Waals surface area contributed by atoms with Crippen LogP contribution in [-0.2, 0) is 16.0 Å². The highest BCUT2D eigenvalue weighted by molar-refractivity contribution is 6.16. The van der Waals surface area contributed by atoms with Gasteiger partial charge in [-0.1, -0.05) is 68.4 Å². The van der Waals surface area contributed by atoms with E-state index >= 15 is 0 Å². The van der Waals surface area contributed by atoms with Gasteiger partial charge in [0.15, 0.2) is 11.5 Å². The molecule has 0 aromatic heterocycles. The Kier molecular flexibility index (Phi) is 7.06. The lowest BCUT2D eigenvalue weighted by Crippen LogP contribution is -2.31. The molecule has 1 aliphatic heterocycles. The SMILES string of the molecule is CC(C)c1ccc(C2C(C(=O)CCc3ccccc3)=C(O)C(=O)N2c2ccc(N(C)C)cc2)cc1. The Morgan fingerprint density at radius 2 is 1.57 bits per heavy atom. The van der Waals surface area contributed by atoms with E-state index < -0.39 is 17.7 Å². The summed E-state index contributed by atoms with van der Waals surface area (Å²) in [4.78, 5) is 30.3. The number of aliphatic hydroxyl groups excluding tert-OH is 1. The van der Waals surface area contributed by atoms with Gasteiger partial charge < -0.3 is 10.0 Å². The van der Waals surface area contributed by atoms with Crippen molar-refractivity contribution in [2.75, 3.05) is 23.9 Å². The van der Waals surface area contributed by atoms with Crippen molar-refractivity contribution < 1.29 is 14.7 Å². The number of anilines is 2. The molecule has 1 amide bonds. The van der Waals surface area contributed by atoms with E-state index in [1.54, 1.807) is 0 Å². The molecule has 0 bridgehead atoms. The number of carbonyl (C=O) groups excluding carboxylic acids is 2. The molecule has 0 aliphatic carbocycles. The van der Waals surface area contributed by atoms with Crippen LogP contribution >= 0.6 is 0 Å². The summed E-state index contributed by atoms with van der Waals surface area (Å²) in [6.07, 6.45) is 0.756. The van der Waals surface area contributed by atoms with Crippen molar-refractivity contribution in [3.05, 3.63) is 107 Å². The number of hydrogen-bond donors (Lipinski definition) is 1. The highest BCUT2D eigenvalue weighted by Crippen LogP contribution is 2.42. The predicted octanol–water partition coefficient (Wildman–Crippen LogP) is 5.98. The largest absolute Gasteiger partial charge is 0.503 e. The highest BCUT2D eigenvalue weighted by atomic mass is 16.3. The van der Waals surface area contributed by atoms with E-state index in [2.05, 4.69) is 13.8 Å². The third kappa shape index (κ3) is 4.99. The van der Waals surface area contributed by atoms with Crippen molar-refractivity contribution in [3.8, 4) is 0 Å². The maximum atomic E-state index is 13.5. The van der Waals surface area contributed by atoms with E-state index in [-0.39, 0.29) is 17.8 Å². The smallest absolute Gasteiger partial charge is 0.294 e. The first kappa shape index (κ1) is 24.3. The van der Waals surface area contributed by atoms with Gasteiger partial charge in [0, 0.05) is 31.9 Å². The summed E-state index contributed by atoms with van der Waals surface area (Å²) in [5, 5.41) is 10.9. The molecular weight excluding hydrogens is 436 g/mol. The molecule has 5 heteroatoms. The van der Waals surface area contributed by atoms with E-state index in [1.165, 1.54) is 10.5 Å². The summed E-state index contributed by atoms with van der Waals surface area (Å²) < 4.78 is 0. The van der Waals surface area contributed by atoms with Gasteiger partial charge in [0.1, 0.15) is 0 Å². The van der Waals surface area contributed by atoms with Gasteiger partial charge in [0.05, 0.1) is 11.6 Å². The number of aryl methyl sites for hydroxylation is 1. The topological polar surface area (TPSA) is 60.9 Å². The van der Waals surface area contributed by atoms with E-state index in [0.29, 0.717) is 18.0 Å². The lowest BCUT2D eigenvalue weighted by Gasteiger charge is -2.28. The van der Waals surface area contributed by atoms with Gasteiger partial charge in [-0.05, 0) is 53.3 Å². The Morgan fingerprint density at radius 3 is 2.14 bits per heavy atom. The number of nitrogens with zero attached hydrogens (tertiary/aromatic N) is 2. The molecule has 0 saturated carbocycles. The molecule has 4 rings (SSSR count). The van der Waals surface area contributed by atoms with Crippen molar-refractivity contribution in [1.82, 2.24) is 0 Å². The number of amides is 1. The van der Waals surface area contributed by atoms with Gasteiger partial charge in [-0.25, -0.2) is 0 Å². The second-order valence-corrected chi connectivity index (χ2v) is 9.48. The van der Waals surface area contributed by atoms with Gasteiger partial charge in [0.2, 0.25) is 0 Å². The highest BCUT2D eigenvalue weighted by Gasteiger charge is 2.44. The first-order valence-corrected chi connectivity index (χ1v) is 12.0. The molecule has 0 radical (unpaired) electrons. The summed E-state index contributed by atoms with van der Waals surface area (Å²) in [5.74, 6) is -0.869. The first-order chi connectivity index (χ1) is 16.8. The van der Waals surface area contributed by atoms with Gasteiger partial charge in [-0.15, -0.1) is 0 Å². The standard InChI is InChI=1S/C30H32N2O3/c1-20(2)22-11-13-23(14-12-22)28-27(26(33)19-10-21-8-6-5-7-9-21)29(34)30(35)32(28)25-17-15-24(16-18-25)31(3)4/h5-9,11-18,20,28,34H,10,19H2,1-4H3. The Bertz CT molecular complexity index is 1230. The quantitative estimate of drug-likeness (QED) is 0.442. The number of carbonyl (C=O) groups is 2. The Morgan fingerprint density at radius 1 is 0.943 bits per heavy atom. The second-order valence-electron chi connectivity index (χ2n) is 9.48. The molecule has 0 saturated heterocycles. The maximum absolute atomic E-state index is 13.5. The fourth-order valence-corrected chi connectivity index (χ4v) is 4.48. The van der Waals surface area contributed by atoms with Crippen LogP contribution < -0.4 is 9.80 Å². The van der Waals surface area contributed by atoms with E-state index in [1.807, 2.05) is 97.9 Å². The minimum atomic E-state index is -0.683. The Balaban J connectivity index is 1.72. The molecule has 1 aliphatic rings. The Labute approximate surface area is 207 Å². The molecule has 3 aromatic carbocycles. The number of benzene rings is 3. The molecular formula is C30H32N2O3. The summed E-state index contributed by atoms with van der Waals surface area (Å²) in [6.45, 7) is 4.24. The molecule has 35 heavy (non-hydrogen) atoms. The van der Waals surface area contributed by atoms with Gasteiger partial charge in [0.25, 0.3) is 5.91 Å². The average molecular weight is 469 g/mol. The molecule has 1 atom stereocenters. The van der Waals surface area contributed by atoms with Crippen LogP contribution in [0, 0.1) is 0 Å². The van der Waals surface area contributed by atoms with E-state index in [4.69, 9.17) is 0 Å². The van der Waals surface area contributed by atoms with Crippen molar-refractivity contribution in [1.29, 1.82) is 0 Å². The molecule has 5 nitrogen and oxygen atoms in total. The predicted molar refractivity (Wildman–Crippen MR) is 141 cm³/mol. The molecule has 3 aromatic rings. The van der Waals surface area contributed by atoms with Crippen molar-refractivity contribution in [2.24, 2.45) is 0 Å². The van der Waals surface area contributed by atoms with Crippen molar-refractivity contribution >= 4 is 23.1 Å². The van der Waals surface area contributed by atoms with Crippen molar-refractivity contribution in [2.45, 2.75) is 38.6 Å². The minimum absolute atomic E-state index is 0.167. The zero-order valence-corrected chi connectivity index (χ0v) is 20.7. The normalized spacial score (nSPS) is 15.7. The molecule has 1 N–H and O–H groups in total. The van der Waals surface area contributed by atoms with Crippen LogP contribution in [0.4, 0.5) is 11.4 Å². The van der Waals surface area contributed by atoms with Crippen molar-refractivity contribution in [3.63, 3.8) is 0 Å². The van der Waals surface area contributed by atoms with Crippen LogP contribution in [0.1, 0.15) is 48.9 Å². The lowest BCUT2D eigenvalue weighted by atomic mass is 9.91. The maximum Gasteiger partial charge on any atom is 0.294 e. The van der Waals surface area contributed by atoms with Crippen LogP contribution in [0.2, 0.25) is 0 Å². The fourth-order valence-electron chi connectivity index (χ4n) is 4.48. The zero-order valence-electron chi connectivity index (χ0n) is 20.7. The molecule has 180 valence electrons. The minimum Gasteiger partial charge on any atom is -0.503 e. The first-order valence-electron chi connectivity index (χ1n) is 12.0. The van der Waals surface area contributed by atoms with Crippen LogP contribution in [0.5, 0.6) is 0 Å². The monoisotopic (exact) mass is 468 g/mol. The third-order valence-electron chi connectivity index (χ3n) is 6.56. The summed E-state index contributed by atoms with van der Waals surface area (Å²) in [6, 6.07) is 24.6. The Hall–Kier alpha value is -3.86. The van der Waals surface area contributed by atoms with Gasteiger partial charge in [-0.2, -0.15) is 0 Å².